The molecule has 1 aliphatic heterocycles. The summed E-state index contributed by atoms with van der Waals surface area (Å²) in [5.74, 6) is -3.39. The molecule has 0 saturated heterocycles. The van der Waals surface area contributed by atoms with E-state index in [4.69, 9.17) is 0 Å². The Hall–Kier alpha value is -4.48. The molecule has 0 spiro atoms. The lowest BCUT2D eigenvalue weighted by Gasteiger charge is -2.13. The quantitative estimate of drug-likeness (QED) is 0.208. The molecule has 1 heterocycles. The van der Waals surface area contributed by atoms with Gasteiger partial charge in [0, 0.05) is 36.9 Å². The molecule has 2 aromatic rings. The number of phenols is 2. The molecular formula is C19H16N4O8. The molecule has 0 aliphatic carbocycles. The highest BCUT2D eigenvalue weighted by Gasteiger charge is 2.37. The lowest BCUT2D eigenvalue weighted by atomic mass is 10.1. The third-order valence-corrected chi connectivity index (χ3v) is 4.36. The maximum atomic E-state index is 12.4. The van der Waals surface area contributed by atoms with Gasteiger partial charge in [-0.25, -0.2) is 0 Å². The van der Waals surface area contributed by atoms with Crippen LogP contribution in [0.1, 0.15) is 31.1 Å². The summed E-state index contributed by atoms with van der Waals surface area (Å²) in [7, 11) is 0. The molecule has 0 aromatic heterocycles. The van der Waals surface area contributed by atoms with Crippen molar-refractivity contribution in [1.29, 1.82) is 0 Å². The van der Waals surface area contributed by atoms with E-state index in [0.717, 1.165) is 30.3 Å². The zero-order valence-corrected chi connectivity index (χ0v) is 15.8. The third-order valence-electron chi connectivity index (χ3n) is 4.36. The third kappa shape index (κ3) is 4.58. The number of nitro groups is 1. The minimum absolute atomic E-state index is 0.00466. The number of carbonyl (C=O) groups is 4. The first-order valence-corrected chi connectivity index (χ1v) is 8.90. The van der Waals surface area contributed by atoms with Crippen molar-refractivity contribution in [2.75, 3.05) is 19.6 Å². The van der Waals surface area contributed by atoms with Crippen LogP contribution < -0.4 is 10.6 Å². The number of nitrogens with zero attached hydrogens (tertiary/aromatic N) is 2. The molecule has 2 aromatic carbocycles. The number of amides is 4. The Balaban J connectivity index is 1.51. The number of nitrogens with one attached hydrogen (secondary N) is 2. The molecule has 0 fully saturated rings. The Morgan fingerprint density at radius 2 is 1.55 bits per heavy atom. The lowest BCUT2D eigenvalue weighted by molar-refractivity contribution is -0.384. The van der Waals surface area contributed by atoms with Gasteiger partial charge >= 0.3 is 0 Å². The van der Waals surface area contributed by atoms with Crippen LogP contribution in [0, 0.1) is 10.1 Å². The summed E-state index contributed by atoms with van der Waals surface area (Å²) in [6, 6.07) is 6.62. The van der Waals surface area contributed by atoms with Gasteiger partial charge in [0.15, 0.2) is 0 Å². The Bertz CT molecular complexity index is 1090. The molecule has 4 N–H and O–H groups in total. The van der Waals surface area contributed by atoms with Crippen LogP contribution in [-0.4, -0.2) is 63.3 Å². The van der Waals surface area contributed by atoms with Gasteiger partial charge in [0.1, 0.15) is 18.0 Å². The summed E-state index contributed by atoms with van der Waals surface area (Å²) in [5.41, 5.74) is -0.496. The van der Waals surface area contributed by atoms with Gasteiger partial charge in [-0.1, -0.05) is 0 Å². The number of aromatic hydroxyl groups is 2. The van der Waals surface area contributed by atoms with Crippen molar-refractivity contribution in [3.63, 3.8) is 0 Å². The number of fused-ring (bicyclic) bond motifs is 1. The normalized spacial score (nSPS) is 12.5. The lowest BCUT2D eigenvalue weighted by Crippen LogP contribution is -2.42. The molecule has 31 heavy (non-hydrogen) atoms. The number of non-ortho nitro benzene ring substituents is 1. The van der Waals surface area contributed by atoms with Crippen LogP contribution in [0.4, 0.5) is 5.69 Å². The summed E-state index contributed by atoms with van der Waals surface area (Å²) in [4.78, 5) is 59.5. The second-order valence-electron chi connectivity index (χ2n) is 6.53. The van der Waals surface area contributed by atoms with E-state index >= 15 is 0 Å². The van der Waals surface area contributed by atoms with Crippen LogP contribution in [0.15, 0.2) is 36.4 Å². The average molecular weight is 428 g/mol. The van der Waals surface area contributed by atoms with Crippen LogP contribution in [0.2, 0.25) is 0 Å². The number of hydrogen-bond acceptors (Lipinski definition) is 8. The monoisotopic (exact) mass is 428 g/mol. The number of benzene rings is 2. The highest BCUT2D eigenvalue weighted by Crippen LogP contribution is 2.26. The van der Waals surface area contributed by atoms with Crippen LogP contribution in [0.3, 0.4) is 0 Å². The van der Waals surface area contributed by atoms with Crippen LogP contribution in [0.5, 0.6) is 11.5 Å². The topological polar surface area (TPSA) is 179 Å². The van der Waals surface area contributed by atoms with E-state index < -0.39 is 35.1 Å². The molecule has 0 unspecified atom stereocenters. The van der Waals surface area contributed by atoms with Gasteiger partial charge < -0.3 is 20.8 Å². The van der Waals surface area contributed by atoms with Crippen LogP contribution in [-0.2, 0) is 4.79 Å². The van der Waals surface area contributed by atoms with Crippen molar-refractivity contribution >= 4 is 29.3 Å². The summed E-state index contributed by atoms with van der Waals surface area (Å²) in [5, 5.41) is 34.5. The van der Waals surface area contributed by atoms with E-state index in [2.05, 4.69) is 10.6 Å². The second kappa shape index (κ2) is 8.49. The predicted molar refractivity (Wildman–Crippen MR) is 104 cm³/mol. The van der Waals surface area contributed by atoms with E-state index in [0.29, 0.717) is 4.90 Å². The number of nitro benzene ring substituents is 1. The molecule has 0 saturated carbocycles. The minimum Gasteiger partial charge on any atom is -0.508 e. The fraction of sp³-hybridized carbons (Fsp3) is 0.158. The van der Waals surface area contributed by atoms with Crippen molar-refractivity contribution < 1.29 is 34.3 Å². The molecule has 0 atom stereocenters. The minimum atomic E-state index is -0.809. The van der Waals surface area contributed by atoms with Gasteiger partial charge in [0.05, 0.1) is 16.1 Å². The molecule has 12 heteroatoms. The smallest absolute Gasteiger partial charge is 0.270 e. The Morgan fingerprint density at radius 3 is 2.19 bits per heavy atom. The molecule has 0 radical (unpaired) electrons. The van der Waals surface area contributed by atoms with Crippen LogP contribution in [0.25, 0.3) is 0 Å². The fourth-order valence-corrected chi connectivity index (χ4v) is 2.94. The fourth-order valence-electron chi connectivity index (χ4n) is 2.94. The number of hydrogen-bond donors (Lipinski definition) is 4. The molecule has 3 rings (SSSR count). The number of imide groups is 1. The van der Waals surface area contributed by atoms with Gasteiger partial charge in [0.25, 0.3) is 23.4 Å². The Labute approximate surface area is 174 Å². The van der Waals surface area contributed by atoms with Crippen molar-refractivity contribution in [2.45, 2.75) is 0 Å². The molecule has 1 aliphatic rings. The molecule has 0 bridgehead atoms. The molecular weight excluding hydrogens is 412 g/mol. The van der Waals surface area contributed by atoms with E-state index in [1.807, 2.05) is 0 Å². The molecule has 12 nitrogen and oxygen atoms in total. The first-order chi connectivity index (χ1) is 14.7. The van der Waals surface area contributed by atoms with E-state index in [1.54, 1.807) is 0 Å². The van der Waals surface area contributed by atoms with Crippen molar-refractivity contribution in [3.05, 3.63) is 63.2 Å². The first-order valence-electron chi connectivity index (χ1n) is 8.90. The van der Waals surface area contributed by atoms with Gasteiger partial charge in [-0.15, -0.1) is 0 Å². The van der Waals surface area contributed by atoms with Crippen molar-refractivity contribution in [3.8, 4) is 11.5 Å². The number of rotatable bonds is 7. The van der Waals surface area contributed by atoms with Gasteiger partial charge in [-0.05, 0) is 18.2 Å². The molecule has 160 valence electrons. The number of carbonyl (C=O) groups excluding carboxylic acids is 4. The maximum absolute atomic E-state index is 12.4. The van der Waals surface area contributed by atoms with Crippen LogP contribution >= 0.6 is 0 Å². The predicted octanol–water partition coefficient (Wildman–Crippen LogP) is 0.148. The Kier molecular flexibility index (Phi) is 5.81. The summed E-state index contributed by atoms with van der Waals surface area (Å²) in [6.45, 7) is -0.617. The van der Waals surface area contributed by atoms with E-state index in [1.165, 1.54) is 6.07 Å². The average Bonchev–Trinajstić information content (AvgIpc) is 2.94. The highest BCUT2D eigenvalue weighted by molar-refractivity contribution is 6.22. The zero-order chi connectivity index (χ0) is 22.7. The number of phenolic OH excluding ortho intramolecular Hbond substituents is 2. The highest BCUT2D eigenvalue weighted by atomic mass is 16.6. The SMILES string of the molecule is O=C(CN1C(=O)c2ccc([N+](=O)[O-])cc2C1=O)NCCNC(=O)c1cc(O)cc(O)c1. The summed E-state index contributed by atoms with van der Waals surface area (Å²) in [6.07, 6.45) is 0. The maximum Gasteiger partial charge on any atom is 0.270 e. The van der Waals surface area contributed by atoms with E-state index in [-0.39, 0.29) is 47.0 Å². The standard InChI is InChI=1S/C19H16N4O8/c24-12-5-10(6-13(25)8-12)17(27)21-4-3-20-16(26)9-22-18(28)14-2-1-11(23(30)31)7-15(14)19(22)29/h1-2,5-8,24-25H,3-4,9H2,(H,20,26)(H,21,27). The summed E-state index contributed by atoms with van der Waals surface area (Å²) >= 11 is 0. The Morgan fingerprint density at radius 1 is 0.935 bits per heavy atom. The second-order valence-corrected chi connectivity index (χ2v) is 6.53. The van der Waals surface area contributed by atoms with Gasteiger partial charge in [-0.3, -0.25) is 34.2 Å². The largest absolute Gasteiger partial charge is 0.508 e. The van der Waals surface area contributed by atoms with E-state index in [9.17, 15) is 39.5 Å². The molecule has 4 amide bonds. The van der Waals surface area contributed by atoms with Crippen molar-refractivity contribution in [2.24, 2.45) is 0 Å². The first kappa shape index (κ1) is 21.2. The zero-order valence-electron chi connectivity index (χ0n) is 15.8. The van der Waals surface area contributed by atoms with Crippen molar-refractivity contribution in [1.82, 2.24) is 15.5 Å². The van der Waals surface area contributed by atoms with Gasteiger partial charge in [0.2, 0.25) is 5.91 Å². The van der Waals surface area contributed by atoms with Gasteiger partial charge in [-0.2, -0.15) is 0 Å². The summed E-state index contributed by atoms with van der Waals surface area (Å²) < 4.78 is 0.